The molecule has 6 aliphatic heterocycles. The molecule has 6 aromatic heterocycles. The number of aromatic nitrogens is 12. The summed E-state index contributed by atoms with van der Waals surface area (Å²) in [5, 5.41) is 3.01. The van der Waals surface area contributed by atoms with Crippen LogP contribution in [0.3, 0.4) is 0 Å². The van der Waals surface area contributed by atoms with Crippen molar-refractivity contribution in [1.82, 2.24) is 29.9 Å². The molecule has 0 atom stereocenters. The summed E-state index contributed by atoms with van der Waals surface area (Å²) < 4.78 is 21.7. The third-order valence-corrected chi connectivity index (χ3v) is 36.0. The van der Waals surface area contributed by atoms with E-state index in [1.54, 1.807) is 6.20 Å². The van der Waals surface area contributed by atoms with Gasteiger partial charge in [0.05, 0.1) is 135 Å². The number of benzene rings is 12. The molecule has 0 N–H and O–H groups in total. The zero-order chi connectivity index (χ0) is 100. The van der Waals surface area contributed by atoms with Crippen LogP contribution in [0.4, 0.5) is 79.6 Å². The molecule has 0 aliphatic carbocycles. The third kappa shape index (κ3) is 18.2. The van der Waals surface area contributed by atoms with Gasteiger partial charge < -0.3 is 34.1 Å². The summed E-state index contributed by atoms with van der Waals surface area (Å²) >= 11 is 2.17. The predicted octanol–water partition coefficient (Wildman–Crippen LogP) is 20.3. The molecular formula is C120H123N19OSSeSi+6. The van der Waals surface area contributed by atoms with Crippen LogP contribution in [0.25, 0.3) is 67.5 Å². The summed E-state index contributed by atoms with van der Waals surface area (Å²) in [6.45, 7) is 22.6. The first-order valence-electron chi connectivity index (χ1n) is 48.3. The zero-order valence-electron chi connectivity index (χ0n) is 85.9. The molecular weight excluding hydrogens is 1860 g/mol. The van der Waals surface area contributed by atoms with Crippen molar-refractivity contribution in [3.05, 3.63) is 374 Å². The van der Waals surface area contributed by atoms with Crippen LogP contribution < -0.4 is 85.7 Å². The molecule has 12 aromatic carbocycles. The molecule has 0 bridgehead atoms. The topological polar surface area (TPSA) is 133 Å². The maximum atomic E-state index is 6.13. The number of hydrogen-bond donors (Lipinski definition) is 0. The van der Waals surface area contributed by atoms with Gasteiger partial charge in [0, 0.05) is 80.2 Å². The van der Waals surface area contributed by atoms with Gasteiger partial charge in [0.25, 0.3) is 0 Å². The average Bonchev–Trinajstić information content (AvgIpc) is 0.724. The van der Waals surface area contributed by atoms with Crippen LogP contribution in [0.2, 0.25) is 13.1 Å². The molecule has 0 saturated heterocycles. The maximum Gasteiger partial charge on any atom is 0.231 e. The Morgan fingerprint density at radius 1 is 0.273 bits per heavy atom. The van der Waals surface area contributed by atoms with Gasteiger partial charge in [-0.1, -0.05) is 111 Å². The molecule has 24 rings (SSSR count). The Morgan fingerprint density at radius 2 is 0.622 bits per heavy atom. The molecule has 20 nitrogen and oxygen atoms in total. The first-order chi connectivity index (χ1) is 68.8. The van der Waals surface area contributed by atoms with E-state index in [1.807, 2.05) is 142 Å². The van der Waals surface area contributed by atoms with E-state index in [0.717, 1.165) is 62.6 Å². The van der Waals surface area contributed by atoms with Crippen LogP contribution in [0, 0.1) is 41.5 Å². The molecule has 0 saturated carbocycles. The Morgan fingerprint density at radius 3 is 1.15 bits per heavy atom. The average molecular weight is 1990 g/mol. The molecule has 23 heteroatoms. The number of rotatable bonds is 6. The number of nitrogens with zero attached hydrogens (tertiary/aromatic N) is 19. The van der Waals surface area contributed by atoms with Crippen LogP contribution >= 0.6 is 11.8 Å². The molecule has 18 aromatic rings. The van der Waals surface area contributed by atoms with Crippen LogP contribution in [-0.2, 0) is 47.7 Å². The SMILES string of the molecule is Cc1cc2c(cc1-c1cncc[n+]1C)C(C)(C)c1ccccc1N2C.Cc1cc2c(cc1-c1cncc[n+]1C)N(C)c1ccccc1N2C.Cc1cc2c(cc1-c1cncc[n+]1C)Oc1ccccc1N2C.Cc1cc2c(cc1-c1cncc[n+]1C)Sc1ccccc1N2C.Cc1cc2c(cc1-c1cncc[n+]1C)[Se]c1ccccc1N2C.Cc1cc2c(cc1-c1cncc[n+]1C)[Si](C)(C)c1ccccc1N2C. The summed E-state index contributed by atoms with van der Waals surface area (Å²) in [7, 11) is 25.6. The van der Waals surface area contributed by atoms with Crippen molar-refractivity contribution in [3.63, 3.8) is 0 Å². The summed E-state index contributed by atoms with van der Waals surface area (Å²) in [6.07, 6.45) is 34.4. The Kier molecular flexibility index (Phi) is 26.7. The minimum atomic E-state index is -1.75. The van der Waals surface area contributed by atoms with Crippen molar-refractivity contribution >= 4 is 134 Å². The molecule has 0 radical (unpaired) electrons. The van der Waals surface area contributed by atoms with E-state index in [1.165, 1.54) is 170 Å². The standard InChI is InChI=1S/C22H24N3.C21H24N3Si.C20H21N4.C19H18N3O.C19H18N3S.C19H18N3Se/c1-15-12-20-18(13-16(15)21-14-23-10-11-24(21)4)22(2,3)17-8-6-7-9-19(17)25(20)5;1-15-12-18-21(13-16(15)19-14-22-10-11-23(19)2)25(4,5)20-9-7-6-8-17(20)24(18)3;1-14-11-18-19(12-15(14)20-13-21-9-10-22(20)2)24(4)17-8-6-5-7-16(17)23(18)3;3*1-13-10-16-19(11-14(13)17-12-20-8-9-21(17)2)23-18-7-5-4-6-15(18)22(16)3/h2*6-14H,1-5H3;5-13H,1-4H3;3*4-12H,1-3H3/q6*+1. The van der Waals surface area contributed by atoms with Crippen molar-refractivity contribution in [1.29, 1.82) is 0 Å². The van der Waals surface area contributed by atoms with Gasteiger partial charge in [-0.2, -0.15) is 22.8 Å². The van der Waals surface area contributed by atoms with Gasteiger partial charge >= 0.3 is 143 Å². The minimum absolute atomic E-state index is 0.0400. The fourth-order valence-corrected chi connectivity index (χ4v) is 27.3. The second-order valence-electron chi connectivity index (χ2n) is 38.8. The number of hydrogen-bond acceptors (Lipinski definition) is 15. The molecule has 714 valence electrons. The Hall–Kier alpha value is -15.4. The number of fused-ring (bicyclic) bond motifs is 12. The Bertz CT molecular complexity index is 7490. The summed E-state index contributed by atoms with van der Waals surface area (Å²) in [5.41, 5.74) is 41.9. The second kappa shape index (κ2) is 39.6. The minimum Gasteiger partial charge on any atom is -0.345 e. The van der Waals surface area contributed by atoms with E-state index >= 15 is 0 Å². The Balaban J connectivity index is 0.000000109. The zero-order valence-corrected chi connectivity index (χ0v) is 89.4. The predicted molar refractivity (Wildman–Crippen MR) is 587 cm³/mol. The fourth-order valence-electron chi connectivity index (χ4n) is 20.6. The summed E-state index contributed by atoms with van der Waals surface area (Å²) in [5.74, 6) is 1.75. The molecule has 0 spiro atoms. The van der Waals surface area contributed by atoms with Crippen LogP contribution in [0.15, 0.2) is 340 Å². The van der Waals surface area contributed by atoms with E-state index in [9.17, 15) is 0 Å². The summed E-state index contributed by atoms with van der Waals surface area (Å²) in [6, 6.07) is 78.9. The summed E-state index contributed by atoms with van der Waals surface area (Å²) in [4.78, 5) is 44.4. The van der Waals surface area contributed by atoms with Crippen LogP contribution in [0.1, 0.15) is 58.4 Å². The van der Waals surface area contributed by atoms with Crippen molar-refractivity contribution in [2.45, 2.75) is 83.7 Å². The molecule has 143 heavy (non-hydrogen) atoms. The van der Waals surface area contributed by atoms with Gasteiger partial charge in [-0.15, -0.1) is 0 Å². The first-order valence-corrected chi connectivity index (χ1v) is 53.8. The number of anilines is 14. The molecule has 12 heterocycles. The van der Waals surface area contributed by atoms with Gasteiger partial charge in [-0.3, -0.25) is 24.9 Å². The van der Waals surface area contributed by atoms with Gasteiger partial charge in [0.15, 0.2) is 42.5 Å². The van der Waals surface area contributed by atoms with Crippen molar-refractivity contribution in [2.24, 2.45) is 42.3 Å². The van der Waals surface area contributed by atoms with E-state index in [2.05, 4.69) is 445 Å². The van der Waals surface area contributed by atoms with Gasteiger partial charge in [0.1, 0.15) is 43.3 Å². The van der Waals surface area contributed by atoms with Gasteiger partial charge in [-0.25, -0.2) is 0 Å². The third-order valence-electron chi connectivity index (χ3n) is 29.0. The van der Waals surface area contributed by atoms with Gasteiger partial charge in [0.2, 0.25) is 28.5 Å². The second-order valence-corrected chi connectivity index (χ2v) is 46.4. The Labute approximate surface area is 852 Å². The molecule has 6 aliphatic rings. The molecule has 0 fully saturated rings. The number of ether oxygens (including phenoxy) is 1. The van der Waals surface area contributed by atoms with Crippen molar-refractivity contribution in [2.75, 3.05) is 83.6 Å². The monoisotopic (exact) mass is 1990 g/mol. The molecule has 0 unspecified atom stereocenters. The largest absolute Gasteiger partial charge is 0.345 e. The maximum absolute atomic E-state index is 6.13. The number of aryl methyl sites for hydroxylation is 12. The van der Waals surface area contributed by atoms with Crippen LogP contribution in [-0.4, -0.2) is 102 Å². The van der Waals surface area contributed by atoms with Gasteiger partial charge in [-0.05, 0) is 193 Å². The quantitative estimate of drug-likeness (QED) is 0.115. The smallest absolute Gasteiger partial charge is 0.231 e. The first kappa shape index (κ1) is 96.5. The van der Waals surface area contributed by atoms with Crippen molar-refractivity contribution < 1.29 is 32.1 Å². The van der Waals surface area contributed by atoms with Crippen molar-refractivity contribution in [3.8, 4) is 79.0 Å². The van der Waals surface area contributed by atoms with E-state index in [4.69, 9.17) is 4.74 Å². The van der Waals surface area contributed by atoms with E-state index in [-0.39, 0.29) is 5.41 Å². The number of para-hydroxylation sites is 8. The van der Waals surface area contributed by atoms with E-state index < -0.39 is 8.07 Å². The molecule has 0 amide bonds. The normalized spacial score (nSPS) is 13.4. The fraction of sp³-hybridized carbons (Fsp3) is 0.200. The van der Waals surface area contributed by atoms with E-state index in [0.29, 0.717) is 15.0 Å². The van der Waals surface area contributed by atoms with Crippen LogP contribution in [0.5, 0.6) is 11.5 Å².